The maximum Gasteiger partial charge on any atom is 0.274 e. The molecule has 0 unspecified atom stereocenters. The molecule has 2 amide bonds. The number of aryl methyl sites for hydroxylation is 1. The van der Waals surface area contributed by atoms with Crippen LogP contribution in [0.15, 0.2) is 54.6 Å². The van der Waals surface area contributed by atoms with Crippen molar-refractivity contribution < 1.29 is 14.3 Å². The van der Waals surface area contributed by atoms with Crippen LogP contribution in [0.4, 0.5) is 5.69 Å². The van der Waals surface area contributed by atoms with Gasteiger partial charge < -0.3 is 15.0 Å². The first-order valence-corrected chi connectivity index (χ1v) is 8.73. The number of amides is 2. The topological polar surface area (TPSA) is 76.5 Å². The molecule has 0 aliphatic heterocycles. The SMILES string of the molecule is COc1ccc(-n2nc(C)cc2C(=O)Nc2ccc(C(=O)N(C)C)cc2)cc1. The maximum absolute atomic E-state index is 12.8. The number of methoxy groups -OCH3 is 1. The first kappa shape index (κ1) is 19.2. The number of nitrogens with one attached hydrogen (secondary N) is 1. The predicted molar refractivity (Wildman–Crippen MR) is 107 cm³/mol. The Labute approximate surface area is 163 Å². The normalized spacial score (nSPS) is 10.4. The smallest absolute Gasteiger partial charge is 0.274 e. The summed E-state index contributed by atoms with van der Waals surface area (Å²) in [5, 5.41) is 7.27. The number of carbonyl (C=O) groups excluding carboxylic acids is 2. The molecule has 1 aromatic heterocycles. The van der Waals surface area contributed by atoms with Gasteiger partial charge in [0.05, 0.1) is 18.5 Å². The van der Waals surface area contributed by atoms with Crippen molar-refractivity contribution in [3.63, 3.8) is 0 Å². The van der Waals surface area contributed by atoms with Crippen LogP contribution in [0, 0.1) is 6.92 Å². The van der Waals surface area contributed by atoms with Crippen molar-refractivity contribution in [3.05, 3.63) is 71.5 Å². The molecule has 0 atom stereocenters. The minimum atomic E-state index is -0.289. The second-order valence-electron chi connectivity index (χ2n) is 6.51. The molecule has 7 nitrogen and oxygen atoms in total. The summed E-state index contributed by atoms with van der Waals surface area (Å²) in [7, 11) is 4.99. The first-order chi connectivity index (χ1) is 13.4. The molecule has 0 aliphatic rings. The number of rotatable bonds is 5. The van der Waals surface area contributed by atoms with E-state index in [9.17, 15) is 9.59 Å². The molecule has 0 aliphatic carbocycles. The molecular weight excluding hydrogens is 356 g/mol. The van der Waals surface area contributed by atoms with Gasteiger partial charge in [0.15, 0.2) is 0 Å². The number of ether oxygens (including phenoxy) is 1. The summed E-state index contributed by atoms with van der Waals surface area (Å²) in [5.41, 5.74) is 3.05. The van der Waals surface area contributed by atoms with Crippen LogP contribution in [0.1, 0.15) is 26.5 Å². The van der Waals surface area contributed by atoms with Crippen LogP contribution in [0.25, 0.3) is 5.69 Å². The summed E-state index contributed by atoms with van der Waals surface area (Å²) < 4.78 is 6.76. The van der Waals surface area contributed by atoms with Crippen molar-refractivity contribution in [3.8, 4) is 11.4 Å². The van der Waals surface area contributed by atoms with Gasteiger partial charge in [-0.15, -0.1) is 0 Å². The molecule has 0 bridgehead atoms. The highest BCUT2D eigenvalue weighted by Crippen LogP contribution is 2.19. The zero-order valence-corrected chi connectivity index (χ0v) is 16.3. The van der Waals surface area contributed by atoms with Crippen molar-refractivity contribution in [2.75, 3.05) is 26.5 Å². The van der Waals surface area contributed by atoms with Crippen LogP contribution in [-0.4, -0.2) is 47.7 Å². The van der Waals surface area contributed by atoms with Crippen LogP contribution in [0.5, 0.6) is 5.75 Å². The molecule has 28 heavy (non-hydrogen) atoms. The van der Waals surface area contributed by atoms with Gasteiger partial charge in [-0.05, 0) is 61.5 Å². The Balaban J connectivity index is 1.82. The van der Waals surface area contributed by atoms with E-state index in [1.54, 1.807) is 56.2 Å². The van der Waals surface area contributed by atoms with Crippen LogP contribution >= 0.6 is 0 Å². The van der Waals surface area contributed by atoms with Crippen molar-refractivity contribution in [2.24, 2.45) is 0 Å². The average Bonchev–Trinajstić information content (AvgIpc) is 3.10. The fraction of sp³-hybridized carbons (Fsp3) is 0.190. The van der Waals surface area contributed by atoms with Gasteiger partial charge in [0.25, 0.3) is 11.8 Å². The number of hydrogen-bond acceptors (Lipinski definition) is 4. The molecule has 144 valence electrons. The molecule has 1 heterocycles. The number of anilines is 1. The zero-order chi connectivity index (χ0) is 20.3. The molecule has 0 radical (unpaired) electrons. The van der Waals surface area contributed by atoms with E-state index in [2.05, 4.69) is 10.4 Å². The fourth-order valence-electron chi connectivity index (χ4n) is 2.73. The molecule has 0 saturated carbocycles. The highest BCUT2D eigenvalue weighted by Gasteiger charge is 2.16. The Bertz CT molecular complexity index is 989. The van der Waals surface area contributed by atoms with Gasteiger partial charge >= 0.3 is 0 Å². The minimum Gasteiger partial charge on any atom is -0.497 e. The predicted octanol–water partition coefficient (Wildman–Crippen LogP) is 3.14. The Morgan fingerprint density at radius 3 is 2.25 bits per heavy atom. The summed E-state index contributed by atoms with van der Waals surface area (Å²) in [4.78, 5) is 26.3. The van der Waals surface area contributed by atoms with Crippen molar-refractivity contribution >= 4 is 17.5 Å². The Morgan fingerprint density at radius 2 is 1.68 bits per heavy atom. The van der Waals surface area contributed by atoms with E-state index in [-0.39, 0.29) is 11.8 Å². The second-order valence-corrected chi connectivity index (χ2v) is 6.51. The Kier molecular flexibility index (Phi) is 5.44. The monoisotopic (exact) mass is 378 g/mol. The molecular formula is C21H22N4O3. The second kappa shape index (κ2) is 7.96. The highest BCUT2D eigenvalue weighted by atomic mass is 16.5. The number of nitrogens with zero attached hydrogens (tertiary/aromatic N) is 3. The van der Waals surface area contributed by atoms with E-state index in [0.29, 0.717) is 16.9 Å². The standard InChI is InChI=1S/C21H22N4O3/c1-14-13-19(25(23-14)17-9-11-18(28-4)12-10-17)20(26)22-16-7-5-15(6-8-16)21(27)24(2)3/h5-13H,1-4H3,(H,22,26). The van der Waals surface area contributed by atoms with Gasteiger partial charge in [-0.2, -0.15) is 5.10 Å². The molecule has 0 saturated heterocycles. The zero-order valence-electron chi connectivity index (χ0n) is 16.3. The number of benzene rings is 2. The third-order valence-electron chi connectivity index (χ3n) is 4.18. The molecule has 0 fully saturated rings. The van der Waals surface area contributed by atoms with Gasteiger partial charge in [-0.3, -0.25) is 9.59 Å². The van der Waals surface area contributed by atoms with E-state index in [1.807, 2.05) is 31.2 Å². The van der Waals surface area contributed by atoms with Crippen molar-refractivity contribution in [1.82, 2.24) is 14.7 Å². The van der Waals surface area contributed by atoms with Gasteiger partial charge in [0.1, 0.15) is 11.4 Å². The fourth-order valence-corrected chi connectivity index (χ4v) is 2.73. The van der Waals surface area contributed by atoms with Crippen LogP contribution in [-0.2, 0) is 0 Å². The minimum absolute atomic E-state index is 0.0916. The lowest BCUT2D eigenvalue weighted by molar-refractivity contribution is 0.0827. The summed E-state index contributed by atoms with van der Waals surface area (Å²) in [6.45, 7) is 1.83. The lowest BCUT2D eigenvalue weighted by Crippen LogP contribution is -2.21. The van der Waals surface area contributed by atoms with Crippen LogP contribution in [0.3, 0.4) is 0 Å². The van der Waals surface area contributed by atoms with Crippen molar-refractivity contribution in [1.29, 1.82) is 0 Å². The summed E-state index contributed by atoms with van der Waals surface area (Å²) in [5.74, 6) is 0.347. The van der Waals surface area contributed by atoms with Crippen LogP contribution in [0.2, 0.25) is 0 Å². The molecule has 0 spiro atoms. The van der Waals surface area contributed by atoms with Gasteiger partial charge in [0.2, 0.25) is 0 Å². The van der Waals surface area contributed by atoms with E-state index < -0.39 is 0 Å². The number of aromatic nitrogens is 2. The first-order valence-electron chi connectivity index (χ1n) is 8.73. The lowest BCUT2D eigenvalue weighted by Gasteiger charge is -2.11. The van der Waals surface area contributed by atoms with Gasteiger partial charge in [-0.1, -0.05) is 0 Å². The van der Waals surface area contributed by atoms with Crippen LogP contribution < -0.4 is 10.1 Å². The summed E-state index contributed by atoms with van der Waals surface area (Å²) in [6.07, 6.45) is 0. The molecule has 3 rings (SSSR count). The molecule has 1 N–H and O–H groups in total. The Hall–Kier alpha value is -3.61. The molecule has 7 heteroatoms. The van der Waals surface area contributed by atoms with Crippen molar-refractivity contribution in [2.45, 2.75) is 6.92 Å². The number of hydrogen-bond donors (Lipinski definition) is 1. The van der Waals surface area contributed by atoms with Gasteiger partial charge in [-0.25, -0.2) is 4.68 Å². The quantitative estimate of drug-likeness (QED) is 0.740. The van der Waals surface area contributed by atoms with Gasteiger partial charge in [0, 0.05) is 25.3 Å². The third-order valence-corrected chi connectivity index (χ3v) is 4.18. The summed E-state index contributed by atoms with van der Waals surface area (Å²) >= 11 is 0. The highest BCUT2D eigenvalue weighted by molar-refractivity contribution is 6.04. The maximum atomic E-state index is 12.8. The van der Waals surface area contributed by atoms with E-state index in [1.165, 1.54) is 4.90 Å². The Morgan fingerprint density at radius 1 is 1.04 bits per heavy atom. The average molecular weight is 378 g/mol. The largest absolute Gasteiger partial charge is 0.497 e. The summed E-state index contributed by atoms with van der Waals surface area (Å²) in [6, 6.07) is 15.8. The van der Waals surface area contributed by atoms with E-state index in [4.69, 9.17) is 4.74 Å². The van der Waals surface area contributed by atoms with E-state index >= 15 is 0 Å². The molecule has 3 aromatic rings. The molecule has 2 aromatic carbocycles. The third kappa shape index (κ3) is 4.03. The van der Waals surface area contributed by atoms with E-state index in [0.717, 1.165) is 17.1 Å². The number of carbonyl (C=O) groups is 2. The lowest BCUT2D eigenvalue weighted by atomic mass is 10.2.